The predicted octanol–water partition coefficient (Wildman–Crippen LogP) is 1.28. The molecule has 1 amide bonds. The number of aromatic amines is 1. The van der Waals surface area contributed by atoms with Crippen LogP contribution in [-0.4, -0.2) is 47.9 Å². The Labute approximate surface area is 160 Å². The number of hydrogen-bond donors (Lipinski definition) is 2. The van der Waals surface area contributed by atoms with Gasteiger partial charge in [-0.25, -0.2) is 9.37 Å². The number of carbonyl (C=O) groups is 1. The maximum atomic E-state index is 13.3. The Morgan fingerprint density at radius 1 is 1.32 bits per heavy atom. The van der Waals surface area contributed by atoms with Gasteiger partial charge in [0.15, 0.2) is 0 Å². The molecule has 9 heteroatoms. The van der Waals surface area contributed by atoms with E-state index in [1.165, 1.54) is 17.3 Å². The normalized spacial score (nSPS) is 20.0. The summed E-state index contributed by atoms with van der Waals surface area (Å²) >= 11 is 0. The van der Waals surface area contributed by atoms with Gasteiger partial charge in [-0.1, -0.05) is 0 Å². The third-order valence-corrected chi connectivity index (χ3v) is 4.77. The number of nitrogens with one attached hydrogen (secondary N) is 1. The highest BCUT2D eigenvalue weighted by Crippen LogP contribution is 2.23. The van der Waals surface area contributed by atoms with E-state index in [1.54, 1.807) is 30.5 Å². The number of nitrogens with two attached hydrogens (primary N) is 1. The molecule has 3 N–H and O–H groups in total. The lowest BCUT2D eigenvalue weighted by atomic mass is 10.2. The largest absolute Gasteiger partial charge is 0.400 e. The van der Waals surface area contributed by atoms with Crippen LogP contribution in [-0.2, 0) is 4.79 Å². The van der Waals surface area contributed by atoms with Crippen LogP contribution < -0.4 is 21.1 Å². The molecule has 8 nitrogen and oxygen atoms in total. The van der Waals surface area contributed by atoms with Crippen molar-refractivity contribution in [2.45, 2.75) is 12.6 Å². The van der Waals surface area contributed by atoms with E-state index in [2.05, 4.69) is 15.0 Å². The number of H-pyrrole nitrogens is 1. The second kappa shape index (κ2) is 7.26. The molecule has 1 fully saturated rings. The number of halogens is 1. The van der Waals surface area contributed by atoms with Gasteiger partial charge in [0.2, 0.25) is 0 Å². The van der Waals surface area contributed by atoms with Crippen molar-refractivity contribution >= 4 is 29.3 Å². The van der Waals surface area contributed by atoms with Gasteiger partial charge in [0, 0.05) is 24.7 Å². The van der Waals surface area contributed by atoms with Crippen molar-refractivity contribution in [3.63, 3.8) is 0 Å². The zero-order chi connectivity index (χ0) is 19.7. The van der Waals surface area contributed by atoms with Gasteiger partial charge in [0.1, 0.15) is 17.7 Å². The zero-order valence-electron chi connectivity index (χ0n) is 15.0. The zero-order valence-corrected chi connectivity index (χ0v) is 15.0. The summed E-state index contributed by atoms with van der Waals surface area (Å²) in [4.78, 5) is 38.9. The van der Waals surface area contributed by atoms with Gasteiger partial charge in [-0.15, -0.1) is 0 Å². The van der Waals surface area contributed by atoms with E-state index in [4.69, 9.17) is 5.73 Å². The summed E-state index contributed by atoms with van der Waals surface area (Å²) in [6, 6.07) is 6.73. The Morgan fingerprint density at radius 2 is 2.18 bits per heavy atom. The van der Waals surface area contributed by atoms with E-state index in [1.807, 2.05) is 4.90 Å². The molecule has 0 unspecified atom stereocenters. The molecule has 2 aliphatic heterocycles. The summed E-state index contributed by atoms with van der Waals surface area (Å²) in [6.45, 7) is 1.12. The van der Waals surface area contributed by atoms with Crippen LogP contribution in [0.4, 0.5) is 21.6 Å². The van der Waals surface area contributed by atoms with E-state index in [9.17, 15) is 14.0 Å². The van der Waals surface area contributed by atoms with Crippen LogP contribution in [0, 0.1) is 0 Å². The molecular weight excluding hydrogens is 363 g/mol. The predicted molar refractivity (Wildman–Crippen MR) is 105 cm³/mol. The summed E-state index contributed by atoms with van der Waals surface area (Å²) in [5.74, 6) is 0.317. The van der Waals surface area contributed by atoms with E-state index >= 15 is 0 Å². The molecular formula is C19H19FN6O2. The molecule has 2 aromatic rings. The molecule has 2 aromatic heterocycles. The van der Waals surface area contributed by atoms with Gasteiger partial charge in [-0.05, 0) is 30.7 Å². The number of anilines is 2. The molecule has 0 aromatic carbocycles. The Morgan fingerprint density at radius 3 is 2.86 bits per heavy atom. The monoisotopic (exact) mass is 382 g/mol. The molecule has 4 heterocycles. The number of rotatable bonds is 4. The third-order valence-electron chi connectivity index (χ3n) is 4.77. The highest BCUT2D eigenvalue weighted by molar-refractivity contribution is 6.22. The van der Waals surface area contributed by atoms with E-state index in [0.717, 1.165) is 0 Å². The van der Waals surface area contributed by atoms with Crippen LogP contribution in [0.2, 0.25) is 0 Å². The maximum absolute atomic E-state index is 13.3. The molecule has 0 aliphatic carbocycles. The molecule has 144 valence electrons. The fraction of sp³-hybridized carbons (Fsp3) is 0.263. The van der Waals surface area contributed by atoms with Crippen molar-refractivity contribution in [2.75, 3.05) is 29.4 Å². The summed E-state index contributed by atoms with van der Waals surface area (Å²) < 4.78 is 13.3. The minimum Gasteiger partial charge on any atom is -0.400 e. The van der Waals surface area contributed by atoms with Gasteiger partial charge in [0.05, 0.1) is 30.5 Å². The van der Waals surface area contributed by atoms with E-state index in [-0.39, 0.29) is 29.3 Å². The first-order valence-corrected chi connectivity index (χ1v) is 8.90. The molecule has 2 aliphatic rings. The lowest BCUT2D eigenvalue weighted by Gasteiger charge is -2.15. The number of alkyl halides is 1. The molecule has 28 heavy (non-hydrogen) atoms. The van der Waals surface area contributed by atoms with Crippen LogP contribution in [0.25, 0.3) is 0 Å². The first-order chi connectivity index (χ1) is 13.5. The first kappa shape index (κ1) is 17.9. The number of amides is 1. The molecule has 0 radical (unpaired) electrons. The topological polar surface area (TPSA) is 108 Å². The Kier molecular flexibility index (Phi) is 4.64. The number of pyridine rings is 2. The first-order valence-electron chi connectivity index (χ1n) is 8.90. The molecule has 0 spiro atoms. The second-order valence-corrected chi connectivity index (χ2v) is 6.68. The van der Waals surface area contributed by atoms with Gasteiger partial charge >= 0.3 is 0 Å². The molecule has 4 rings (SSSR count). The summed E-state index contributed by atoms with van der Waals surface area (Å²) in [5, 5.41) is 0. The number of aliphatic imine (C=N–C) groups is 1. The number of hydrogen-bond acceptors (Lipinski definition) is 6. The Balaban J connectivity index is 1.48. The van der Waals surface area contributed by atoms with Crippen molar-refractivity contribution in [2.24, 2.45) is 10.7 Å². The Hall–Kier alpha value is -3.49. The summed E-state index contributed by atoms with van der Waals surface area (Å²) in [7, 11) is 0. The fourth-order valence-electron chi connectivity index (χ4n) is 3.27. The lowest BCUT2D eigenvalue weighted by molar-refractivity contribution is -0.114. The van der Waals surface area contributed by atoms with Gasteiger partial charge < -0.3 is 15.6 Å². The van der Waals surface area contributed by atoms with Crippen molar-refractivity contribution < 1.29 is 9.18 Å². The highest BCUT2D eigenvalue weighted by Gasteiger charge is 2.30. The fourth-order valence-corrected chi connectivity index (χ4v) is 3.27. The van der Waals surface area contributed by atoms with E-state index in [0.29, 0.717) is 36.7 Å². The van der Waals surface area contributed by atoms with Crippen LogP contribution in [0.3, 0.4) is 0 Å². The van der Waals surface area contributed by atoms with Crippen LogP contribution in [0.15, 0.2) is 57.7 Å². The van der Waals surface area contributed by atoms with Crippen LogP contribution in [0.1, 0.15) is 6.42 Å². The van der Waals surface area contributed by atoms with Gasteiger partial charge in [-0.3, -0.25) is 19.5 Å². The average Bonchev–Trinajstić information content (AvgIpc) is 3.24. The van der Waals surface area contributed by atoms with Crippen molar-refractivity contribution in [1.82, 2.24) is 9.97 Å². The summed E-state index contributed by atoms with van der Waals surface area (Å²) in [5.41, 5.74) is 6.99. The Bertz CT molecular complexity index is 1010. The SMILES string of the molecule is NC1=C(C=Nc2ccc(N3CC[C@H](F)C3)nc2)C(=O)N(c2ccc[nH]c2=O)C1. The number of aromatic nitrogens is 2. The van der Waals surface area contributed by atoms with E-state index < -0.39 is 6.17 Å². The average molecular weight is 382 g/mol. The number of carbonyl (C=O) groups excluding carboxylic acids is 1. The lowest BCUT2D eigenvalue weighted by Crippen LogP contribution is -2.32. The highest BCUT2D eigenvalue weighted by atomic mass is 19.1. The molecule has 1 atom stereocenters. The van der Waals surface area contributed by atoms with Crippen LogP contribution in [0.5, 0.6) is 0 Å². The number of nitrogens with zero attached hydrogens (tertiary/aromatic N) is 4. The molecule has 0 saturated carbocycles. The van der Waals surface area contributed by atoms with Crippen molar-refractivity contribution in [1.29, 1.82) is 0 Å². The molecule has 0 bridgehead atoms. The minimum atomic E-state index is -0.817. The van der Waals surface area contributed by atoms with Crippen molar-refractivity contribution in [3.05, 3.63) is 58.3 Å². The van der Waals surface area contributed by atoms with Gasteiger partial charge in [-0.2, -0.15) is 0 Å². The van der Waals surface area contributed by atoms with Crippen molar-refractivity contribution in [3.8, 4) is 0 Å². The smallest absolute Gasteiger partial charge is 0.271 e. The second-order valence-electron chi connectivity index (χ2n) is 6.68. The quantitative estimate of drug-likeness (QED) is 0.775. The summed E-state index contributed by atoms with van der Waals surface area (Å²) in [6.07, 6.45) is 4.14. The van der Waals surface area contributed by atoms with Crippen LogP contribution >= 0.6 is 0 Å². The third kappa shape index (κ3) is 3.38. The van der Waals surface area contributed by atoms with Gasteiger partial charge in [0.25, 0.3) is 11.5 Å². The molecule has 1 saturated heterocycles. The minimum absolute atomic E-state index is 0.129. The maximum Gasteiger partial charge on any atom is 0.271 e. The standard InChI is InChI=1S/C19H19FN6O2/c20-12-5-7-25(10-12)17-4-3-13(8-24-17)23-9-14-15(21)11-26(19(14)28)16-2-1-6-22-18(16)27/h1-4,6,8-9,12H,5,7,10-11,21H2,(H,22,27)/t12-/m0/s1.